The molecule has 74 valence electrons. The van der Waals surface area contributed by atoms with Crippen molar-refractivity contribution >= 4 is 5.57 Å². The van der Waals surface area contributed by atoms with Crippen molar-refractivity contribution < 1.29 is 13.9 Å². The van der Waals surface area contributed by atoms with E-state index < -0.39 is 17.7 Å². The molecule has 1 nitrogen and oxygen atoms in total. The second-order valence-corrected chi connectivity index (χ2v) is 3.39. The van der Waals surface area contributed by atoms with E-state index in [1.54, 1.807) is 0 Å². The van der Waals surface area contributed by atoms with Crippen LogP contribution in [0.2, 0.25) is 0 Å². The van der Waals surface area contributed by atoms with Gasteiger partial charge in [-0.15, -0.1) is 0 Å². The minimum atomic E-state index is -0.566. The molecule has 1 aromatic rings. The van der Waals surface area contributed by atoms with Crippen LogP contribution in [0.5, 0.6) is 0 Å². The Morgan fingerprint density at radius 3 is 2.36 bits per heavy atom. The van der Waals surface area contributed by atoms with Crippen LogP contribution < -0.4 is 0 Å². The van der Waals surface area contributed by atoms with E-state index in [-0.39, 0.29) is 5.56 Å². The number of aliphatic hydroxyl groups is 1. The number of rotatable bonds is 1. The lowest BCUT2D eigenvalue weighted by Gasteiger charge is -2.04. The highest BCUT2D eigenvalue weighted by Gasteiger charge is 2.19. The molecule has 14 heavy (non-hydrogen) atoms. The molecule has 0 radical (unpaired) electrons. The van der Waals surface area contributed by atoms with Crippen LogP contribution in [0.3, 0.4) is 0 Å². The largest absolute Gasteiger partial charge is 0.389 e. The van der Waals surface area contributed by atoms with Crippen LogP contribution in [-0.2, 0) is 0 Å². The first kappa shape index (κ1) is 9.34. The van der Waals surface area contributed by atoms with Crippen LogP contribution in [0.4, 0.5) is 8.78 Å². The van der Waals surface area contributed by atoms with E-state index in [1.165, 1.54) is 24.3 Å². The molecule has 0 amide bonds. The average molecular weight is 196 g/mol. The number of hydrogen-bond acceptors (Lipinski definition) is 1. The van der Waals surface area contributed by atoms with Gasteiger partial charge in [-0.2, -0.15) is 0 Å². The molecule has 2 rings (SSSR count). The fourth-order valence-corrected chi connectivity index (χ4v) is 1.72. The summed E-state index contributed by atoms with van der Waals surface area (Å²) in [7, 11) is 0. The molecule has 0 heterocycles. The van der Waals surface area contributed by atoms with Gasteiger partial charge in [0.25, 0.3) is 0 Å². The second kappa shape index (κ2) is 3.50. The summed E-state index contributed by atoms with van der Waals surface area (Å²) >= 11 is 0. The lowest BCUT2D eigenvalue weighted by molar-refractivity contribution is 0.223. The molecule has 0 saturated carbocycles. The van der Waals surface area contributed by atoms with Crippen molar-refractivity contribution in [1.82, 2.24) is 0 Å². The lowest BCUT2D eigenvalue weighted by Crippen LogP contribution is -1.93. The third-order valence-electron chi connectivity index (χ3n) is 2.39. The number of aliphatic hydroxyl groups excluding tert-OH is 1. The number of hydrogen-bond donors (Lipinski definition) is 1. The topological polar surface area (TPSA) is 20.2 Å². The molecule has 0 aliphatic heterocycles. The Labute approximate surface area is 80.7 Å². The van der Waals surface area contributed by atoms with Crippen LogP contribution in [0, 0.1) is 11.6 Å². The maximum atomic E-state index is 13.3. The van der Waals surface area contributed by atoms with Gasteiger partial charge in [0, 0.05) is 5.56 Å². The Morgan fingerprint density at radius 2 is 1.86 bits per heavy atom. The highest BCUT2D eigenvalue weighted by atomic mass is 19.1. The Balaban J connectivity index is 2.46. The first-order valence-electron chi connectivity index (χ1n) is 4.51. The minimum absolute atomic E-state index is 0.00375. The summed E-state index contributed by atoms with van der Waals surface area (Å²) in [5.41, 5.74) is 0.567. The van der Waals surface area contributed by atoms with Gasteiger partial charge in [-0.3, -0.25) is 0 Å². The van der Waals surface area contributed by atoms with Crippen molar-refractivity contribution in [2.24, 2.45) is 0 Å². The van der Waals surface area contributed by atoms with E-state index in [0.29, 0.717) is 18.4 Å². The summed E-state index contributed by atoms with van der Waals surface area (Å²) in [4.78, 5) is 0. The van der Waals surface area contributed by atoms with E-state index in [2.05, 4.69) is 0 Å². The molecule has 3 heteroatoms. The minimum Gasteiger partial charge on any atom is -0.389 e. The fourth-order valence-electron chi connectivity index (χ4n) is 1.72. The molecule has 1 aromatic carbocycles. The highest BCUT2D eigenvalue weighted by Crippen LogP contribution is 2.31. The van der Waals surface area contributed by atoms with E-state index in [9.17, 15) is 13.9 Å². The summed E-state index contributed by atoms with van der Waals surface area (Å²) in [5, 5.41) is 9.22. The molecular weight excluding hydrogens is 186 g/mol. The Kier molecular flexibility index (Phi) is 2.33. The number of halogens is 2. The summed E-state index contributed by atoms with van der Waals surface area (Å²) in [6, 6.07) is 3.79. The van der Waals surface area contributed by atoms with Crippen LogP contribution in [-0.4, -0.2) is 11.2 Å². The first-order valence-corrected chi connectivity index (χ1v) is 4.51. The third kappa shape index (κ3) is 1.55. The van der Waals surface area contributed by atoms with Gasteiger partial charge in [0.05, 0.1) is 6.10 Å². The SMILES string of the molecule is OC1C=C(c2c(F)cccc2F)CC1. The van der Waals surface area contributed by atoms with E-state index in [4.69, 9.17) is 0 Å². The third-order valence-corrected chi connectivity index (χ3v) is 2.39. The van der Waals surface area contributed by atoms with Gasteiger partial charge in [-0.05, 0) is 30.5 Å². The zero-order valence-electron chi connectivity index (χ0n) is 7.50. The number of benzene rings is 1. The highest BCUT2D eigenvalue weighted by molar-refractivity contribution is 5.68. The normalized spacial score (nSPS) is 21.1. The Hall–Kier alpha value is -1.22. The Bertz CT molecular complexity index is 365. The summed E-state index contributed by atoms with van der Waals surface area (Å²) in [5.74, 6) is -1.13. The molecule has 1 aliphatic rings. The van der Waals surface area contributed by atoms with Crippen LogP contribution >= 0.6 is 0 Å². The van der Waals surface area contributed by atoms with E-state index >= 15 is 0 Å². The quantitative estimate of drug-likeness (QED) is 0.731. The van der Waals surface area contributed by atoms with Crippen molar-refractivity contribution in [3.63, 3.8) is 0 Å². The maximum absolute atomic E-state index is 13.3. The summed E-state index contributed by atoms with van der Waals surface area (Å²) in [6.45, 7) is 0. The fraction of sp³-hybridized carbons (Fsp3) is 0.273. The molecular formula is C11H10F2O. The second-order valence-electron chi connectivity index (χ2n) is 3.39. The molecule has 0 fully saturated rings. The van der Waals surface area contributed by atoms with Crippen molar-refractivity contribution in [3.05, 3.63) is 41.5 Å². The average Bonchev–Trinajstić information content (AvgIpc) is 2.51. The molecule has 1 atom stereocenters. The van der Waals surface area contributed by atoms with Crippen molar-refractivity contribution in [1.29, 1.82) is 0 Å². The van der Waals surface area contributed by atoms with Crippen LogP contribution in [0.15, 0.2) is 24.3 Å². The molecule has 0 spiro atoms. The molecule has 1 aliphatic carbocycles. The van der Waals surface area contributed by atoms with Gasteiger partial charge in [-0.1, -0.05) is 12.1 Å². The molecule has 1 N–H and O–H groups in total. The monoisotopic (exact) mass is 196 g/mol. The molecule has 1 unspecified atom stereocenters. The van der Waals surface area contributed by atoms with Crippen LogP contribution in [0.1, 0.15) is 18.4 Å². The lowest BCUT2D eigenvalue weighted by atomic mass is 10.0. The van der Waals surface area contributed by atoms with Crippen LogP contribution in [0.25, 0.3) is 5.57 Å². The van der Waals surface area contributed by atoms with Crippen molar-refractivity contribution in [2.45, 2.75) is 18.9 Å². The zero-order valence-corrected chi connectivity index (χ0v) is 7.50. The molecule has 0 bridgehead atoms. The van der Waals surface area contributed by atoms with E-state index in [1.807, 2.05) is 0 Å². The first-order chi connectivity index (χ1) is 6.68. The standard InChI is InChI=1S/C11H10F2O/c12-9-2-1-3-10(13)11(9)7-4-5-8(14)6-7/h1-3,6,8,14H,4-5H2. The molecule has 0 saturated heterocycles. The van der Waals surface area contributed by atoms with Crippen molar-refractivity contribution in [2.75, 3.05) is 0 Å². The summed E-state index contributed by atoms with van der Waals surface area (Å²) < 4.78 is 26.5. The van der Waals surface area contributed by atoms with Crippen molar-refractivity contribution in [3.8, 4) is 0 Å². The smallest absolute Gasteiger partial charge is 0.133 e. The van der Waals surface area contributed by atoms with Gasteiger partial charge in [0.15, 0.2) is 0 Å². The van der Waals surface area contributed by atoms with Gasteiger partial charge in [0.1, 0.15) is 11.6 Å². The van der Waals surface area contributed by atoms with Gasteiger partial charge < -0.3 is 5.11 Å². The predicted molar refractivity (Wildman–Crippen MR) is 49.6 cm³/mol. The van der Waals surface area contributed by atoms with Gasteiger partial charge in [-0.25, -0.2) is 8.78 Å². The molecule has 0 aromatic heterocycles. The number of allylic oxidation sites excluding steroid dienone is 1. The van der Waals surface area contributed by atoms with Gasteiger partial charge >= 0.3 is 0 Å². The predicted octanol–water partition coefficient (Wildman–Crippen LogP) is 2.50. The van der Waals surface area contributed by atoms with Gasteiger partial charge in [0.2, 0.25) is 0 Å². The van der Waals surface area contributed by atoms with E-state index in [0.717, 1.165) is 0 Å². The maximum Gasteiger partial charge on any atom is 0.133 e. The Morgan fingerprint density at radius 1 is 1.21 bits per heavy atom. The summed E-state index contributed by atoms with van der Waals surface area (Å²) in [6.07, 6.45) is 2.02. The zero-order chi connectivity index (χ0) is 10.1.